The van der Waals surface area contributed by atoms with Gasteiger partial charge in [0.25, 0.3) is 0 Å². The lowest BCUT2D eigenvalue weighted by Gasteiger charge is -2.36. The van der Waals surface area contributed by atoms with E-state index in [1.807, 2.05) is 19.1 Å². The molecule has 0 saturated heterocycles. The van der Waals surface area contributed by atoms with Crippen LogP contribution in [0.3, 0.4) is 0 Å². The first kappa shape index (κ1) is 19.0. The van der Waals surface area contributed by atoms with Gasteiger partial charge >= 0.3 is 5.97 Å². The van der Waals surface area contributed by atoms with Crippen LogP contribution < -0.4 is 0 Å². The Bertz CT molecular complexity index is 397. The van der Waals surface area contributed by atoms with E-state index in [2.05, 4.69) is 13.0 Å². The van der Waals surface area contributed by atoms with Crippen molar-refractivity contribution in [2.45, 2.75) is 65.2 Å². The first-order valence-electron chi connectivity index (χ1n) is 8.66. The topological polar surface area (TPSA) is 46.5 Å². The Morgan fingerprint density at radius 2 is 1.95 bits per heavy atom. The summed E-state index contributed by atoms with van der Waals surface area (Å²) in [6.07, 6.45) is 14.6. The molecule has 22 heavy (non-hydrogen) atoms. The van der Waals surface area contributed by atoms with E-state index < -0.39 is 11.4 Å². The predicted molar refractivity (Wildman–Crippen MR) is 90.9 cm³/mol. The molecule has 3 nitrogen and oxygen atoms in total. The van der Waals surface area contributed by atoms with Crippen molar-refractivity contribution in [3.8, 4) is 0 Å². The highest BCUT2D eigenvalue weighted by Crippen LogP contribution is 2.42. The van der Waals surface area contributed by atoms with Gasteiger partial charge in [-0.1, -0.05) is 69.2 Å². The molecule has 2 unspecified atom stereocenters. The van der Waals surface area contributed by atoms with E-state index in [9.17, 15) is 9.90 Å². The number of rotatable bonds is 11. The first-order chi connectivity index (χ1) is 10.6. The van der Waals surface area contributed by atoms with Crippen LogP contribution in [0.2, 0.25) is 0 Å². The fourth-order valence-electron chi connectivity index (χ4n) is 3.31. The van der Waals surface area contributed by atoms with Crippen molar-refractivity contribution in [3.05, 3.63) is 23.8 Å². The second kappa shape index (κ2) is 9.83. The van der Waals surface area contributed by atoms with Crippen LogP contribution in [0.4, 0.5) is 0 Å². The van der Waals surface area contributed by atoms with Crippen molar-refractivity contribution in [2.24, 2.45) is 11.3 Å². The molecule has 2 atom stereocenters. The fraction of sp³-hybridized carbons (Fsp3) is 0.737. The number of methoxy groups -OCH3 is 1. The highest BCUT2D eigenvalue weighted by Gasteiger charge is 2.43. The lowest BCUT2D eigenvalue weighted by molar-refractivity contribution is -0.149. The van der Waals surface area contributed by atoms with E-state index in [1.165, 1.54) is 25.7 Å². The molecule has 0 aromatic carbocycles. The number of hydrogen-bond acceptors (Lipinski definition) is 2. The second-order valence-corrected chi connectivity index (χ2v) is 6.50. The van der Waals surface area contributed by atoms with Gasteiger partial charge in [0.2, 0.25) is 0 Å². The molecule has 0 aliphatic heterocycles. The Morgan fingerprint density at radius 3 is 2.59 bits per heavy atom. The van der Waals surface area contributed by atoms with E-state index in [4.69, 9.17) is 4.74 Å². The zero-order chi connectivity index (χ0) is 16.4. The summed E-state index contributed by atoms with van der Waals surface area (Å²) in [5.41, 5.74) is 0.406. The normalized spacial score (nSPS) is 24.3. The molecule has 1 aliphatic carbocycles. The van der Waals surface area contributed by atoms with Gasteiger partial charge in [-0.25, -0.2) is 0 Å². The molecule has 3 heteroatoms. The molecule has 1 N–H and O–H groups in total. The van der Waals surface area contributed by atoms with Gasteiger partial charge in [0.15, 0.2) is 0 Å². The van der Waals surface area contributed by atoms with E-state index in [0.717, 1.165) is 31.3 Å². The number of allylic oxidation sites excluding steroid dienone is 3. The molecule has 0 amide bonds. The van der Waals surface area contributed by atoms with Crippen LogP contribution in [-0.4, -0.2) is 24.8 Å². The summed E-state index contributed by atoms with van der Waals surface area (Å²) in [5, 5.41) is 9.86. The fourth-order valence-corrected chi connectivity index (χ4v) is 3.31. The summed E-state index contributed by atoms with van der Waals surface area (Å²) >= 11 is 0. The molecule has 0 fully saturated rings. The van der Waals surface area contributed by atoms with Crippen LogP contribution >= 0.6 is 0 Å². The maximum atomic E-state index is 12.0. The quantitative estimate of drug-likeness (QED) is 0.548. The molecule has 0 radical (unpaired) electrons. The number of hydrogen-bond donors (Lipinski definition) is 1. The van der Waals surface area contributed by atoms with Crippen molar-refractivity contribution >= 4 is 5.97 Å². The predicted octanol–water partition coefficient (Wildman–Crippen LogP) is 4.98. The third-order valence-electron chi connectivity index (χ3n) is 4.74. The summed E-state index contributed by atoms with van der Waals surface area (Å²) < 4.78 is 5.18. The van der Waals surface area contributed by atoms with E-state index in [-0.39, 0.29) is 5.92 Å². The SMILES string of the molecule is CCCCCCCCC1(C(=O)O)C=CC(C)=CC1CCOC. The van der Waals surface area contributed by atoms with Crippen LogP contribution in [0, 0.1) is 11.3 Å². The monoisotopic (exact) mass is 308 g/mol. The number of ether oxygens (including phenoxy) is 1. The van der Waals surface area contributed by atoms with Crippen LogP contribution in [0.5, 0.6) is 0 Å². The molecule has 0 saturated carbocycles. The minimum atomic E-state index is -0.747. The van der Waals surface area contributed by atoms with Crippen molar-refractivity contribution in [3.63, 3.8) is 0 Å². The van der Waals surface area contributed by atoms with Crippen LogP contribution in [0.25, 0.3) is 0 Å². The van der Waals surface area contributed by atoms with Crippen LogP contribution in [0.15, 0.2) is 23.8 Å². The van der Waals surface area contributed by atoms with E-state index in [0.29, 0.717) is 6.61 Å². The lowest BCUT2D eigenvalue weighted by atomic mass is 9.67. The maximum Gasteiger partial charge on any atom is 0.314 e. The third-order valence-corrected chi connectivity index (χ3v) is 4.74. The Morgan fingerprint density at radius 1 is 1.27 bits per heavy atom. The van der Waals surface area contributed by atoms with Gasteiger partial charge in [0.1, 0.15) is 0 Å². The maximum absolute atomic E-state index is 12.0. The number of unbranched alkanes of at least 4 members (excludes halogenated alkanes) is 5. The standard InChI is InChI=1S/C19H32O3/c1-4-5-6-7-8-9-12-19(18(20)21)13-10-16(2)15-17(19)11-14-22-3/h10,13,15,17H,4-9,11-12,14H2,1-3H3,(H,20,21). The van der Waals surface area contributed by atoms with Gasteiger partial charge < -0.3 is 9.84 Å². The molecule has 1 aliphatic rings. The van der Waals surface area contributed by atoms with Gasteiger partial charge in [0.05, 0.1) is 5.41 Å². The largest absolute Gasteiger partial charge is 0.481 e. The van der Waals surface area contributed by atoms with Gasteiger partial charge in [0, 0.05) is 13.7 Å². The summed E-state index contributed by atoms with van der Waals surface area (Å²) in [6, 6.07) is 0. The Kier molecular flexibility index (Phi) is 8.47. The average molecular weight is 308 g/mol. The van der Waals surface area contributed by atoms with Gasteiger partial charge in [-0.3, -0.25) is 4.79 Å². The highest BCUT2D eigenvalue weighted by molar-refractivity contribution is 5.78. The molecule has 0 spiro atoms. The van der Waals surface area contributed by atoms with Crippen molar-refractivity contribution in [1.29, 1.82) is 0 Å². The molecular weight excluding hydrogens is 276 g/mol. The molecule has 1 rings (SSSR count). The second-order valence-electron chi connectivity index (χ2n) is 6.50. The summed E-state index contributed by atoms with van der Waals surface area (Å²) in [6.45, 7) is 4.85. The van der Waals surface area contributed by atoms with E-state index >= 15 is 0 Å². The minimum absolute atomic E-state index is 0.0330. The molecular formula is C19H32O3. The Labute approximate surface area is 135 Å². The zero-order valence-corrected chi connectivity index (χ0v) is 14.4. The molecule has 126 valence electrons. The third kappa shape index (κ3) is 5.28. The van der Waals surface area contributed by atoms with Crippen LogP contribution in [-0.2, 0) is 9.53 Å². The summed E-state index contributed by atoms with van der Waals surface area (Å²) in [4.78, 5) is 12.0. The smallest absolute Gasteiger partial charge is 0.314 e. The number of carboxylic acid groups (broad SMARTS) is 1. The minimum Gasteiger partial charge on any atom is -0.481 e. The molecule has 0 aromatic heterocycles. The first-order valence-corrected chi connectivity index (χ1v) is 8.66. The van der Waals surface area contributed by atoms with E-state index in [1.54, 1.807) is 7.11 Å². The zero-order valence-electron chi connectivity index (χ0n) is 14.4. The molecule has 0 bridgehead atoms. The van der Waals surface area contributed by atoms with Gasteiger partial charge in [-0.05, 0) is 25.7 Å². The van der Waals surface area contributed by atoms with Crippen molar-refractivity contribution in [1.82, 2.24) is 0 Å². The number of aliphatic carboxylic acids is 1. The summed E-state index contributed by atoms with van der Waals surface area (Å²) in [5.74, 6) is -0.659. The Balaban J connectivity index is 2.67. The van der Waals surface area contributed by atoms with Gasteiger partial charge in [-0.2, -0.15) is 0 Å². The molecule has 0 heterocycles. The van der Waals surface area contributed by atoms with Crippen LogP contribution in [0.1, 0.15) is 65.2 Å². The highest BCUT2D eigenvalue weighted by atomic mass is 16.5. The lowest BCUT2D eigenvalue weighted by Crippen LogP contribution is -2.38. The van der Waals surface area contributed by atoms with Gasteiger partial charge in [-0.15, -0.1) is 0 Å². The summed E-state index contributed by atoms with van der Waals surface area (Å²) in [7, 11) is 1.67. The van der Waals surface area contributed by atoms with Crippen molar-refractivity contribution in [2.75, 3.05) is 13.7 Å². The number of carboxylic acids is 1. The Hall–Kier alpha value is -1.09. The molecule has 0 aromatic rings. The van der Waals surface area contributed by atoms with Crippen molar-refractivity contribution < 1.29 is 14.6 Å². The average Bonchev–Trinajstić information content (AvgIpc) is 2.50. The number of carbonyl (C=O) groups is 1.